The number of carbonyl (C=O) groups is 1. The summed E-state index contributed by atoms with van der Waals surface area (Å²) in [4.78, 5) is 17.4. The predicted molar refractivity (Wildman–Crippen MR) is 109 cm³/mol. The van der Waals surface area contributed by atoms with E-state index in [-0.39, 0.29) is 17.2 Å². The summed E-state index contributed by atoms with van der Waals surface area (Å²) in [5.74, 6) is 0.258. The number of anilines is 1. The summed E-state index contributed by atoms with van der Waals surface area (Å²) < 4.78 is 0. The Morgan fingerprint density at radius 3 is 2.59 bits per heavy atom. The molecule has 3 nitrogen and oxygen atoms in total. The normalized spacial score (nSPS) is 20.8. The lowest BCUT2D eigenvalue weighted by Crippen LogP contribution is -2.33. The number of pyridine rings is 1. The van der Waals surface area contributed by atoms with E-state index in [1.807, 2.05) is 12.1 Å². The van der Waals surface area contributed by atoms with Gasteiger partial charge in [0.25, 0.3) is 0 Å². The summed E-state index contributed by atoms with van der Waals surface area (Å²) in [5, 5.41) is 6.08. The number of hydrogen-bond donors (Lipinski definition) is 1. The zero-order chi connectivity index (χ0) is 18.6. The topological polar surface area (TPSA) is 42.0 Å². The molecule has 27 heavy (non-hydrogen) atoms. The van der Waals surface area contributed by atoms with Gasteiger partial charge in [0.05, 0.1) is 6.04 Å². The molecule has 1 N–H and O–H groups in total. The van der Waals surface area contributed by atoms with Crippen LogP contribution in [0.4, 0.5) is 5.69 Å². The average Bonchev–Trinajstić information content (AvgIpc) is 2.66. The minimum atomic E-state index is -0.111. The van der Waals surface area contributed by atoms with Crippen LogP contribution < -0.4 is 5.32 Å². The second-order valence-corrected chi connectivity index (χ2v) is 8.40. The number of fused-ring (bicyclic) bond motifs is 4. The van der Waals surface area contributed by atoms with E-state index in [9.17, 15) is 4.79 Å². The average molecular weight is 354 g/mol. The van der Waals surface area contributed by atoms with Crippen LogP contribution in [0.15, 0.2) is 66.5 Å². The lowest BCUT2D eigenvalue weighted by atomic mass is 9.68. The SMILES string of the molecule is CC1(C)CC(=O)C2=C(C1)c1c(ccc3ccccc13)N[C@@H]2c1ccncc1. The van der Waals surface area contributed by atoms with Gasteiger partial charge in [0.15, 0.2) is 5.78 Å². The Hall–Kier alpha value is -2.94. The summed E-state index contributed by atoms with van der Waals surface area (Å²) >= 11 is 0. The van der Waals surface area contributed by atoms with Gasteiger partial charge in [0.1, 0.15) is 0 Å². The van der Waals surface area contributed by atoms with Gasteiger partial charge in [-0.2, -0.15) is 0 Å². The Balaban J connectivity index is 1.82. The van der Waals surface area contributed by atoms with Crippen LogP contribution in [0, 0.1) is 5.41 Å². The third-order valence-corrected chi connectivity index (χ3v) is 5.78. The van der Waals surface area contributed by atoms with Crippen LogP contribution in [0.1, 0.15) is 43.9 Å². The maximum absolute atomic E-state index is 13.3. The van der Waals surface area contributed by atoms with Crippen molar-refractivity contribution in [3.05, 3.63) is 77.6 Å². The smallest absolute Gasteiger partial charge is 0.162 e. The molecular weight excluding hydrogens is 332 g/mol. The number of ketones is 1. The molecule has 3 aromatic rings. The standard InChI is InChI=1S/C24H22N2O/c1-24(2)13-18-21-17-6-4-3-5-15(17)7-8-19(21)26-23(22(18)20(27)14-24)16-9-11-25-12-10-16/h3-12,23,26H,13-14H2,1-2H3/t23-/m1/s1. The van der Waals surface area contributed by atoms with Crippen molar-refractivity contribution in [3.8, 4) is 0 Å². The molecular formula is C24H22N2O. The molecule has 134 valence electrons. The number of allylic oxidation sites excluding steroid dienone is 1. The number of nitrogens with one attached hydrogen (secondary N) is 1. The number of rotatable bonds is 1. The summed E-state index contributed by atoms with van der Waals surface area (Å²) in [6.45, 7) is 4.39. The molecule has 0 bridgehead atoms. The molecule has 0 saturated heterocycles. The van der Waals surface area contributed by atoms with Crippen molar-refractivity contribution in [2.45, 2.75) is 32.7 Å². The molecule has 1 aliphatic carbocycles. The quantitative estimate of drug-likeness (QED) is 0.623. The van der Waals surface area contributed by atoms with Gasteiger partial charge in [-0.3, -0.25) is 9.78 Å². The highest BCUT2D eigenvalue weighted by atomic mass is 16.1. The van der Waals surface area contributed by atoms with E-state index in [0.717, 1.165) is 23.2 Å². The third-order valence-electron chi connectivity index (χ3n) is 5.78. The molecule has 0 unspecified atom stereocenters. The summed E-state index contributed by atoms with van der Waals surface area (Å²) in [6, 6.07) is 16.7. The molecule has 5 rings (SSSR count). The van der Waals surface area contributed by atoms with E-state index >= 15 is 0 Å². The van der Waals surface area contributed by atoms with Crippen molar-refractivity contribution < 1.29 is 4.79 Å². The first kappa shape index (κ1) is 16.2. The van der Waals surface area contributed by atoms with Gasteiger partial charge in [-0.15, -0.1) is 0 Å². The molecule has 1 aromatic heterocycles. The van der Waals surface area contributed by atoms with E-state index in [1.165, 1.54) is 21.9 Å². The largest absolute Gasteiger partial charge is 0.373 e. The molecule has 1 aliphatic heterocycles. The lowest BCUT2D eigenvalue weighted by Gasteiger charge is -2.40. The molecule has 0 spiro atoms. The minimum Gasteiger partial charge on any atom is -0.373 e. The highest BCUT2D eigenvalue weighted by Crippen LogP contribution is 2.51. The molecule has 2 heterocycles. The molecule has 2 aliphatic rings. The van der Waals surface area contributed by atoms with Gasteiger partial charge in [0, 0.05) is 35.6 Å². The van der Waals surface area contributed by atoms with Crippen LogP contribution in [-0.4, -0.2) is 10.8 Å². The van der Waals surface area contributed by atoms with Crippen molar-refractivity contribution >= 4 is 27.8 Å². The molecule has 0 amide bonds. The zero-order valence-corrected chi connectivity index (χ0v) is 15.6. The predicted octanol–water partition coefficient (Wildman–Crippen LogP) is 5.54. The van der Waals surface area contributed by atoms with Crippen molar-refractivity contribution in [1.82, 2.24) is 4.98 Å². The van der Waals surface area contributed by atoms with Crippen LogP contribution in [0.5, 0.6) is 0 Å². The van der Waals surface area contributed by atoms with Crippen molar-refractivity contribution in [2.75, 3.05) is 5.32 Å². The molecule has 0 fully saturated rings. The molecule has 0 saturated carbocycles. The number of hydrogen-bond acceptors (Lipinski definition) is 3. The van der Waals surface area contributed by atoms with Crippen LogP contribution in [-0.2, 0) is 4.79 Å². The fourth-order valence-electron chi connectivity index (χ4n) is 4.64. The van der Waals surface area contributed by atoms with Gasteiger partial charge < -0.3 is 5.32 Å². The van der Waals surface area contributed by atoms with Crippen LogP contribution in [0.2, 0.25) is 0 Å². The third kappa shape index (κ3) is 2.57. The Bertz CT molecular complexity index is 1100. The summed E-state index contributed by atoms with van der Waals surface area (Å²) in [6.07, 6.45) is 5.10. The van der Waals surface area contributed by atoms with Gasteiger partial charge >= 0.3 is 0 Å². The van der Waals surface area contributed by atoms with Crippen LogP contribution >= 0.6 is 0 Å². The molecule has 0 radical (unpaired) electrons. The summed E-state index contributed by atoms with van der Waals surface area (Å²) in [7, 11) is 0. The van der Waals surface area contributed by atoms with Crippen LogP contribution in [0.25, 0.3) is 16.3 Å². The van der Waals surface area contributed by atoms with Crippen molar-refractivity contribution in [3.63, 3.8) is 0 Å². The number of carbonyl (C=O) groups excluding carboxylic acids is 1. The number of aromatic nitrogens is 1. The van der Waals surface area contributed by atoms with Gasteiger partial charge in [-0.05, 0) is 51.9 Å². The highest BCUT2D eigenvalue weighted by Gasteiger charge is 2.40. The molecule has 3 heteroatoms. The second kappa shape index (κ2) is 5.78. The van der Waals surface area contributed by atoms with E-state index in [2.05, 4.69) is 60.5 Å². The fourth-order valence-corrected chi connectivity index (χ4v) is 4.64. The Morgan fingerprint density at radius 2 is 1.78 bits per heavy atom. The van der Waals surface area contributed by atoms with E-state index in [1.54, 1.807) is 12.4 Å². The van der Waals surface area contributed by atoms with E-state index < -0.39 is 0 Å². The number of Topliss-reactive ketones (excluding diaryl/α,β-unsaturated/α-hetero) is 1. The van der Waals surface area contributed by atoms with Gasteiger partial charge in [-0.1, -0.05) is 44.2 Å². The summed E-state index contributed by atoms with van der Waals surface area (Å²) in [5.41, 5.74) is 5.52. The van der Waals surface area contributed by atoms with E-state index in [0.29, 0.717) is 6.42 Å². The first-order chi connectivity index (χ1) is 13.0. The highest BCUT2D eigenvalue weighted by molar-refractivity contribution is 6.12. The maximum atomic E-state index is 13.3. The first-order valence-corrected chi connectivity index (χ1v) is 9.48. The Morgan fingerprint density at radius 1 is 1.00 bits per heavy atom. The van der Waals surface area contributed by atoms with Crippen molar-refractivity contribution in [2.24, 2.45) is 5.41 Å². The number of benzene rings is 2. The van der Waals surface area contributed by atoms with E-state index in [4.69, 9.17) is 0 Å². The minimum absolute atomic E-state index is 0.0235. The first-order valence-electron chi connectivity index (χ1n) is 9.48. The Labute approximate surface area is 159 Å². The molecule has 1 atom stereocenters. The number of nitrogens with zero attached hydrogens (tertiary/aromatic N) is 1. The van der Waals surface area contributed by atoms with Crippen LogP contribution in [0.3, 0.4) is 0 Å². The lowest BCUT2D eigenvalue weighted by molar-refractivity contribution is -0.118. The second-order valence-electron chi connectivity index (χ2n) is 8.40. The fraction of sp³-hybridized carbons (Fsp3) is 0.250. The monoisotopic (exact) mass is 354 g/mol. The van der Waals surface area contributed by atoms with Crippen molar-refractivity contribution in [1.29, 1.82) is 0 Å². The molecule has 2 aromatic carbocycles. The van der Waals surface area contributed by atoms with Gasteiger partial charge in [0.2, 0.25) is 0 Å². The maximum Gasteiger partial charge on any atom is 0.162 e. The Kier molecular flexibility index (Phi) is 3.48. The van der Waals surface area contributed by atoms with Gasteiger partial charge in [-0.25, -0.2) is 0 Å². The zero-order valence-electron chi connectivity index (χ0n) is 15.6.